The normalized spacial score (nSPS) is 12.2. The van der Waals surface area contributed by atoms with Gasteiger partial charge in [-0.1, -0.05) is 24.3 Å². The molecule has 0 saturated heterocycles. The Morgan fingerprint density at radius 3 is 2.42 bits per heavy atom. The highest BCUT2D eigenvalue weighted by molar-refractivity contribution is 5.47. The van der Waals surface area contributed by atoms with Crippen LogP contribution in [0.4, 0.5) is 10.1 Å². The molecule has 100 valence electrons. The summed E-state index contributed by atoms with van der Waals surface area (Å²) in [5.74, 6) is -0.196. The van der Waals surface area contributed by atoms with E-state index in [1.807, 2.05) is 44.3 Å². The second-order valence-corrected chi connectivity index (χ2v) is 4.87. The highest BCUT2D eigenvalue weighted by Gasteiger charge is 2.04. The van der Waals surface area contributed by atoms with Crippen molar-refractivity contribution in [3.05, 3.63) is 65.5 Å². The lowest BCUT2D eigenvalue weighted by Gasteiger charge is -2.20. The van der Waals surface area contributed by atoms with Gasteiger partial charge in [-0.25, -0.2) is 4.39 Å². The third kappa shape index (κ3) is 3.55. The van der Waals surface area contributed by atoms with Crippen LogP contribution in [0.5, 0.6) is 0 Å². The van der Waals surface area contributed by atoms with Crippen LogP contribution in [0.2, 0.25) is 0 Å². The van der Waals surface area contributed by atoms with Crippen molar-refractivity contribution < 1.29 is 4.39 Å². The molecular formula is C16H19FN2. The molecule has 2 aromatic carbocycles. The number of hydrogen-bond acceptors (Lipinski definition) is 2. The molecule has 0 radical (unpaired) electrons. The highest BCUT2D eigenvalue weighted by Crippen LogP contribution is 2.19. The first-order valence-corrected chi connectivity index (χ1v) is 6.37. The number of hydrogen-bond donors (Lipinski definition) is 1. The molecule has 2 aromatic rings. The summed E-state index contributed by atoms with van der Waals surface area (Å²) >= 11 is 0. The molecule has 0 unspecified atom stereocenters. The van der Waals surface area contributed by atoms with Gasteiger partial charge in [0.1, 0.15) is 5.82 Å². The van der Waals surface area contributed by atoms with Gasteiger partial charge >= 0.3 is 0 Å². The molecule has 3 heteroatoms. The zero-order valence-electron chi connectivity index (χ0n) is 11.3. The molecule has 0 amide bonds. The van der Waals surface area contributed by atoms with Crippen molar-refractivity contribution in [1.82, 2.24) is 0 Å². The van der Waals surface area contributed by atoms with Crippen LogP contribution in [0.3, 0.4) is 0 Å². The van der Waals surface area contributed by atoms with E-state index in [-0.39, 0.29) is 11.9 Å². The van der Waals surface area contributed by atoms with Crippen LogP contribution in [0, 0.1) is 5.82 Å². The Morgan fingerprint density at radius 2 is 1.84 bits per heavy atom. The van der Waals surface area contributed by atoms with E-state index in [4.69, 9.17) is 5.73 Å². The van der Waals surface area contributed by atoms with Crippen LogP contribution in [-0.2, 0) is 6.54 Å². The summed E-state index contributed by atoms with van der Waals surface area (Å²) in [6, 6.07) is 14.9. The Bertz CT molecular complexity index is 535. The van der Waals surface area contributed by atoms with Crippen molar-refractivity contribution in [3.63, 3.8) is 0 Å². The average Bonchev–Trinajstić information content (AvgIpc) is 2.39. The number of benzene rings is 2. The molecule has 0 aliphatic carbocycles. The largest absolute Gasteiger partial charge is 0.370 e. The molecule has 2 rings (SSSR count). The Morgan fingerprint density at radius 1 is 1.16 bits per heavy atom. The molecule has 0 fully saturated rings. The van der Waals surface area contributed by atoms with Gasteiger partial charge in [-0.3, -0.25) is 0 Å². The van der Waals surface area contributed by atoms with Crippen LogP contribution in [0.25, 0.3) is 0 Å². The van der Waals surface area contributed by atoms with Gasteiger partial charge in [0, 0.05) is 25.3 Å². The molecule has 0 aromatic heterocycles. The van der Waals surface area contributed by atoms with Gasteiger partial charge < -0.3 is 10.6 Å². The van der Waals surface area contributed by atoms with Gasteiger partial charge in [0.05, 0.1) is 0 Å². The number of anilines is 1. The maximum atomic E-state index is 13.1. The van der Waals surface area contributed by atoms with Crippen molar-refractivity contribution in [2.45, 2.75) is 19.5 Å². The lowest BCUT2D eigenvalue weighted by Crippen LogP contribution is -2.16. The fourth-order valence-corrected chi connectivity index (χ4v) is 2.03. The molecule has 2 N–H and O–H groups in total. The van der Waals surface area contributed by atoms with Gasteiger partial charge in [-0.2, -0.15) is 0 Å². The third-order valence-corrected chi connectivity index (χ3v) is 3.17. The van der Waals surface area contributed by atoms with Crippen LogP contribution in [0.15, 0.2) is 48.5 Å². The minimum Gasteiger partial charge on any atom is -0.370 e. The van der Waals surface area contributed by atoms with E-state index in [1.165, 1.54) is 6.07 Å². The number of nitrogens with zero attached hydrogens (tertiary/aromatic N) is 1. The summed E-state index contributed by atoms with van der Waals surface area (Å²) < 4.78 is 13.1. The zero-order chi connectivity index (χ0) is 13.8. The minimum absolute atomic E-state index is 0.0441. The molecular weight excluding hydrogens is 239 g/mol. The summed E-state index contributed by atoms with van der Waals surface area (Å²) in [6.45, 7) is 2.64. The topological polar surface area (TPSA) is 29.3 Å². The summed E-state index contributed by atoms with van der Waals surface area (Å²) in [4.78, 5) is 2.08. The SMILES string of the molecule is C[C@H](N)c1ccc(N(C)Cc2cccc(F)c2)cc1. The molecule has 2 nitrogen and oxygen atoms in total. The number of nitrogens with two attached hydrogens (primary N) is 1. The van der Waals surface area contributed by atoms with Gasteiger partial charge in [0.25, 0.3) is 0 Å². The number of rotatable bonds is 4. The van der Waals surface area contributed by atoms with E-state index in [0.717, 1.165) is 16.8 Å². The first-order valence-electron chi connectivity index (χ1n) is 6.37. The minimum atomic E-state index is -0.196. The molecule has 0 heterocycles. The Kier molecular flexibility index (Phi) is 4.17. The predicted octanol–water partition coefficient (Wildman–Crippen LogP) is 3.48. The highest BCUT2D eigenvalue weighted by atomic mass is 19.1. The van der Waals surface area contributed by atoms with E-state index in [2.05, 4.69) is 4.90 Å². The van der Waals surface area contributed by atoms with Crippen molar-refractivity contribution in [3.8, 4) is 0 Å². The third-order valence-electron chi connectivity index (χ3n) is 3.17. The standard InChI is InChI=1S/C16H19FN2/c1-12(18)14-6-8-16(9-7-14)19(2)11-13-4-3-5-15(17)10-13/h3-10,12H,11,18H2,1-2H3/t12-/m0/s1. The fraction of sp³-hybridized carbons (Fsp3) is 0.250. The number of halogens is 1. The Balaban J connectivity index is 2.09. The lowest BCUT2D eigenvalue weighted by atomic mass is 10.1. The van der Waals surface area contributed by atoms with E-state index in [1.54, 1.807) is 12.1 Å². The molecule has 1 atom stereocenters. The van der Waals surface area contributed by atoms with Gasteiger partial charge in [0.15, 0.2) is 0 Å². The van der Waals surface area contributed by atoms with Gasteiger partial charge in [-0.05, 0) is 42.3 Å². The monoisotopic (exact) mass is 258 g/mol. The van der Waals surface area contributed by atoms with E-state index >= 15 is 0 Å². The molecule has 19 heavy (non-hydrogen) atoms. The quantitative estimate of drug-likeness (QED) is 0.909. The Hall–Kier alpha value is -1.87. The second kappa shape index (κ2) is 5.85. The van der Waals surface area contributed by atoms with Crippen molar-refractivity contribution in [1.29, 1.82) is 0 Å². The van der Waals surface area contributed by atoms with Crippen LogP contribution in [0.1, 0.15) is 24.1 Å². The first-order chi connectivity index (χ1) is 9.06. The molecule has 0 aliphatic heterocycles. The summed E-state index contributed by atoms with van der Waals surface area (Å²) in [5.41, 5.74) is 8.99. The van der Waals surface area contributed by atoms with Gasteiger partial charge in [0.2, 0.25) is 0 Å². The zero-order valence-corrected chi connectivity index (χ0v) is 11.3. The first kappa shape index (κ1) is 13.6. The molecule has 0 aliphatic rings. The maximum absolute atomic E-state index is 13.1. The average molecular weight is 258 g/mol. The van der Waals surface area contributed by atoms with Crippen LogP contribution in [-0.4, -0.2) is 7.05 Å². The van der Waals surface area contributed by atoms with Crippen LogP contribution < -0.4 is 10.6 Å². The lowest BCUT2D eigenvalue weighted by molar-refractivity contribution is 0.625. The molecule has 0 bridgehead atoms. The summed E-state index contributed by atoms with van der Waals surface area (Å²) in [5, 5.41) is 0. The van der Waals surface area contributed by atoms with Crippen LogP contribution >= 0.6 is 0 Å². The van der Waals surface area contributed by atoms with E-state index in [9.17, 15) is 4.39 Å². The van der Waals surface area contributed by atoms with Crippen molar-refractivity contribution in [2.24, 2.45) is 5.73 Å². The van der Waals surface area contributed by atoms with Crippen molar-refractivity contribution in [2.75, 3.05) is 11.9 Å². The van der Waals surface area contributed by atoms with E-state index in [0.29, 0.717) is 6.54 Å². The van der Waals surface area contributed by atoms with E-state index < -0.39 is 0 Å². The Labute approximate surface area is 113 Å². The summed E-state index contributed by atoms with van der Waals surface area (Å²) in [6.07, 6.45) is 0. The molecule has 0 saturated carbocycles. The second-order valence-electron chi connectivity index (χ2n) is 4.87. The maximum Gasteiger partial charge on any atom is 0.123 e. The van der Waals surface area contributed by atoms with Gasteiger partial charge in [-0.15, -0.1) is 0 Å². The summed E-state index contributed by atoms with van der Waals surface area (Å²) in [7, 11) is 1.99. The van der Waals surface area contributed by atoms with Crippen molar-refractivity contribution >= 4 is 5.69 Å². The predicted molar refractivity (Wildman–Crippen MR) is 77.6 cm³/mol. The fourth-order valence-electron chi connectivity index (χ4n) is 2.03. The molecule has 0 spiro atoms. The smallest absolute Gasteiger partial charge is 0.123 e.